The lowest BCUT2D eigenvalue weighted by Crippen LogP contribution is -2.52. The summed E-state index contributed by atoms with van der Waals surface area (Å²) in [5.74, 6) is -1.53. The molecule has 0 saturated carbocycles. The van der Waals surface area contributed by atoms with Crippen LogP contribution < -0.4 is 0 Å². The van der Waals surface area contributed by atoms with Crippen molar-refractivity contribution in [2.45, 2.75) is 63.6 Å². The van der Waals surface area contributed by atoms with E-state index in [4.69, 9.17) is 19.7 Å². The van der Waals surface area contributed by atoms with Crippen molar-refractivity contribution >= 4 is 17.7 Å². The van der Waals surface area contributed by atoms with E-state index in [1.54, 1.807) is 25.1 Å². The number of carbonyl (C=O) groups is 1. The molecule has 1 heterocycles. The number of ether oxygens (including phenoxy) is 3. The minimum atomic E-state index is -4.95. The van der Waals surface area contributed by atoms with Gasteiger partial charge in [-0.25, -0.2) is 9.79 Å². The standard InChI is InChI=1S/C30H30F3N5O4/c1-21(38(19-22-11-5-2-6-12-22)29(39)40-20-23-13-7-3-8-14-23)26-18-17-25(36-37-34)27(41-26)42-28(30(31,32)33)35-24-15-9-4-10-16-24/h2-16,21,25-27H,17-20H2,1H3/t21-,25-,26+,27-/m1/s1. The maximum Gasteiger partial charge on any atom is 0.468 e. The Labute approximate surface area is 241 Å². The highest BCUT2D eigenvalue weighted by atomic mass is 19.4. The van der Waals surface area contributed by atoms with Crippen molar-refractivity contribution in [3.63, 3.8) is 0 Å². The zero-order valence-electron chi connectivity index (χ0n) is 22.8. The van der Waals surface area contributed by atoms with E-state index in [9.17, 15) is 18.0 Å². The summed E-state index contributed by atoms with van der Waals surface area (Å²) in [6.45, 7) is 1.94. The lowest BCUT2D eigenvalue weighted by atomic mass is 9.98. The number of hydrogen-bond acceptors (Lipinski definition) is 6. The molecule has 3 aromatic rings. The van der Waals surface area contributed by atoms with Crippen LogP contribution in [-0.2, 0) is 27.4 Å². The number of hydrogen-bond donors (Lipinski definition) is 0. The highest BCUT2D eigenvalue weighted by Gasteiger charge is 2.44. The summed E-state index contributed by atoms with van der Waals surface area (Å²) in [5, 5.41) is 3.61. The third-order valence-electron chi connectivity index (χ3n) is 6.69. The Balaban J connectivity index is 1.56. The van der Waals surface area contributed by atoms with Crippen molar-refractivity contribution < 1.29 is 32.2 Å². The van der Waals surface area contributed by atoms with E-state index in [0.717, 1.165) is 11.1 Å². The average Bonchev–Trinajstić information content (AvgIpc) is 3.00. The summed E-state index contributed by atoms with van der Waals surface area (Å²) in [4.78, 5) is 21.2. The summed E-state index contributed by atoms with van der Waals surface area (Å²) in [6, 6.07) is 24.2. The number of carbonyl (C=O) groups excluding carboxylic acids is 1. The molecule has 1 amide bonds. The molecule has 0 aromatic heterocycles. The Hall–Kier alpha value is -4.54. The highest BCUT2D eigenvalue weighted by Crippen LogP contribution is 2.31. The predicted molar refractivity (Wildman–Crippen MR) is 150 cm³/mol. The lowest BCUT2D eigenvalue weighted by Gasteiger charge is -2.40. The van der Waals surface area contributed by atoms with Gasteiger partial charge in [0.2, 0.25) is 6.29 Å². The maximum atomic E-state index is 13.9. The van der Waals surface area contributed by atoms with E-state index in [0.29, 0.717) is 6.42 Å². The molecule has 0 radical (unpaired) electrons. The van der Waals surface area contributed by atoms with Crippen molar-refractivity contribution in [1.82, 2.24) is 4.90 Å². The van der Waals surface area contributed by atoms with Gasteiger partial charge in [-0.05, 0) is 48.6 Å². The molecule has 0 N–H and O–H groups in total. The van der Waals surface area contributed by atoms with Crippen LogP contribution in [0.3, 0.4) is 0 Å². The van der Waals surface area contributed by atoms with Gasteiger partial charge in [0.15, 0.2) is 0 Å². The van der Waals surface area contributed by atoms with Gasteiger partial charge in [0, 0.05) is 11.5 Å². The van der Waals surface area contributed by atoms with E-state index in [1.165, 1.54) is 17.0 Å². The van der Waals surface area contributed by atoms with Gasteiger partial charge < -0.3 is 14.2 Å². The van der Waals surface area contributed by atoms with Gasteiger partial charge in [-0.2, -0.15) is 13.2 Å². The van der Waals surface area contributed by atoms with E-state index in [-0.39, 0.29) is 25.3 Å². The predicted octanol–water partition coefficient (Wildman–Crippen LogP) is 7.71. The third-order valence-corrected chi connectivity index (χ3v) is 6.69. The third kappa shape index (κ3) is 8.48. The number of benzene rings is 3. The van der Waals surface area contributed by atoms with Crippen LogP contribution in [0.15, 0.2) is 101 Å². The van der Waals surface area contributed by atoms with Gasteiger partial charge in [0.25, 0.3) is 5.90 Å². The fourth-order valence-electron chi connectivity index (χ4n) is 4.49. The van der Waals surface area contributed by atoms with Crippen LogP contribution in [0.5, 0.6) is 0 Å². The molecule has 0 unspecified atom stereocenters. The molecule has 4 atom stereocenters. The highest BCUT2D eigenvalue weighted by molar-refractivity contribution is 5.84. The van der Waals surface area contributed by atoms with Gasteiger partial charge >= 0.3 is 12.3 Å². The first kappa shape index (κ1) is 30.4. The monoisotopic (exact) mass is 581 g/mol. The molecule has 42 heavy (non-hydrogen) atoms. The number of amides is 1. The van der Waals surface area contributed by atoms with Crippen molar-refractivity contribution in [3.05, 3.63) is 113 Å². The van der Waals surface area contributed by atoms with Gasteiger partial charge in [-0.15, -0.1) is 0 Å². The van der Waals surface area contributed by atoms with Crippen LogP contribution in [-0.4, -0.2) is 47.5 Å². The second-order valence-electron chi connectivity index (χ2n) is 9.65. The normalized spacial score (nSPS) is 19.7. The quantitative estimate of drug-likeness (QED) is 0.0848. The first-order valence-corrected chi connectivity index (χ1v) is 13.3. The summed E-state index contributed by atoms with van der Waals surface area (Å²) < 4.78 is 58.7. The molecule has 3 aromatic carbocycles. The molecule has 0 spiro atoms. The van der Waals surface area contributed by atoms with E-state index in [2.05, 4.69) is 15.0 Å². The SMILES string of the molecule is C[C@H]([C@@H]1CC[C@@H](N=[N+]=[N-])[C@@H](OC(=Nc2ccccc2)C(F)(F)F)O1)N(Cc1ccccc1)C(=O)OCc1ccccc1. The lowest BCUT2D eigenvalue weighted by molar-refractivity contribution is -0.193. The van der Waals surface area contributed by atoms with E-state index in [1.807, 2.05) is 60.7 Å². The van der Waals surface area contributed by atoms with Gasteiger partial charge in [-0.1, -0.05) is 84.0 Å². The zero-order valence-corrected chi connectivity index (χ0v) is 22.8. The van der Waals surface area contributed by atoms with Gasteiger partial charge in [0.1, 0.15) is 6.61 Å². The number of para-hydroxylation sites is 1. The number of alkyl halides is 3. The molecule has 220 valence electrons. The first-order chi connectivity index (χ1) is 20.2. The Bertz CT molecular complexity index is 1370. The van der Waals surface area contributed by atoms with Crippen LogP contribution in [0, 0.1) is 0 Å². The maximum absolute atomic E-state index is 13.9. The first-order valence-electron chi connectivity index (χ1n) is 13.3. The minimum Gasteiger partial charge on any atom is -0.445 e. The second-order valence-corrected chi connectivity index (χ2v) is 9.65. The largest absolute Gasteiger partial charge is 0.468 e. The number of halogens is 3. The molecular formula is C30H30F3N5O4. The number of azide groups is 1. The fraction of sp³-hybridized carbons (Fsp3) is 0.333. The molecule has 1 aliphatic heterocycles. The molecule has 1 saturated heterocycles. The minimum absolute atomic E-state index is 0.0288. The Kier molecular flexibility index (Phi) is 10.4. The van der Waals surface area contributed by atoms with Gasteiger partial charge in [-0.3, -0.25) is 4.90 Å². The van der Waals surface area contributed by atoms with Crippen LogP contribution >= 0.6 is 0 Å². The Morgan fingerprint density at radius 3 is 2.19 bits per heavy atom. The number of aliphatic imine (C=N–C) groups is 1. The second kappa shape index (κ2) is 14.4. The van der Waals surface area contributed by atoms with Gasteiger partial charge in [0.05, 0.1) is 23.9 Å². The zero-order chi connectivity index (χ0) is 30.0. The molecule has 0 aliphatic carbocycles. The van der Waals surface area contributed by atoms with Crippen molar-refractivity contribution in [2.24, 2.45) is 10.1 Å². The topological polar surface area (TPSA) is 109 Å². The average molecular weight is 582 g/mol. The summed E-state index contributed by atoms with van der Waals surface area (Å²) in [5.41, 5.74) is 10.7. The van der Waals surface area contributed by atoms with Crippen LogP contribution in [0.2, 0.25) is 0 Å². The smallest absolute Gasteiger partial charge is 0.445 e. The Morgan fingerprint density at radius 2 is 1.60 bits per heavy atom. The van der Waals surface area contributed by atoms with Crippen molar-refractivity contribution in [2.75, 3.05) is 0 Å². The molecule has 1 fully saturated rings. The molecular weight excluding hydrogens is 551 g/mol. The molecule has 9 nitrogen and oxygen atoms in total. The number of rotatable bonds is 9. The van der Waals surface area contributed by atoms with Crippen LogP contribution in [0.4, 0.5) is 23.7 Å². The van der Waals surface area contributed by atoms with Crippen molar-refractivity contribution in [3.8, 4) is 0 Å². The molecule has 0 bridgehead atoms. The van der Waals surface area contributed by atoms with E-state index < -0.39 is 42.6 Å². The molecule has 1 aliphatic rings. The van der Waals surface area contributed by atoms with E-state index >= 15 is 0 Å². The Morgan fingerprint density at radius 1 is 1.00 bits per heavy atom. The van der Waals surface area contributed by atoms with Crippen molar-refractivity contribution in [1.29, 1.82) is 0 Å². The van der Waals surface area contributed by atoms with Crippen LogP contribution in [0.25, 0.3) is 10.4 Å². The number of nitrogens with zero attached hydrogens (tertiary/aromatic N) is 5. The summed E-state index contributed by atoms with van der Waals surface area (Å²) >= 11 is 0. The molecule has 12 heteroatoms. The molecule has 4 rings (SSSR count). The van der Waals surface area contributed by atoms with Crippen LogP contribution in [0.1, 0.15) is 30.9 Å². The summed E-state index contributed by atoms with van der Waals surface area (Å²) in [6.07, 6.45) is -7.46. The fourth-order valence-corrected chi connectivity index (χ4v) is 4.49. The summed E-state index contributed by atoms with van der Waals surface area (Å²) in [7, 11) is 0.